The molecule has 5 heterocycles. The number of aromatic nitrogens is 2. The molecule has 4 aromatic rings. The molecule has 0 unspecified atom stereocenters. The van der Waals surface area contributed by atoms with E-state index in [1.807, 2.05) is 31.3 Å². The number of hydrogen-bond donors (Lipinski definition) is 0. The smallest absolute Gasteiger partial charge is 0.304 e. The van der Waals surface area contributed by atoms with E-state index in [9.17, 15) is 0 Å². The van der Waals surface area contributed by atoms with Crippen LogP contribution in [0.5, 0.6) is 0 Å². The van der Waals surface area contributed by atoms with Crippen LogP contribution < -0.4 is 20.5 Å². The summed E-state index contributed by atoms with van der Waals surface area (Å²) in [5.41, 5.74) is 4.67. The number of fused-ring (bicyclic) bond motifs is 4. The molecular formula is C24H22BN5O. The summed E-state index contributed by atoms with van der Waals surface area (Å²) >= 11 is 0. The molecule has 0 saturated heterocycles. The van der Waals surface area contributed by atoms with Gasteiger partial charge in [0.2, 0.25) is 5.71 Å². The van der Waals surface area contributed by atoms with Crippen LogP contribution in [0, 0.1) is 6.92 Å². The Balaban J connectivity index is 1.50. The number of anilines is 3. The summed E-state index contributed by atoms with van der Waals surface area (Å²) in [5, 5.41) is 4.47. The van der Waals surface area contributed by atoms with Crippen LogP contribution in [0.2, 0.25) is 6.82 Å². The third kappa shape index (κ3) is 2.66. The van der Waals surface area contributed by atoms with Crippen molar-refractivity contribution >= 4 is 47.3 Å². The topological polar surface area (TPSA) is 48.6 Å². The lowest BCUT2D eigenvalue weighted by atomic mass is 9.63. The van der Waals surface area contributed by atoms with Crippen LogP contribution >= 0.6 is 0 Å². The van der Waals surface area contributed by atoms with Crippen LogP contribution in [-0.2, 0) is 0 Å². The highest BCUT2D eigenvalue weighted by molar-refractivity contribution is 6.70. The van der Waals surface area contributed by atoms with E-state index in [1.165, 1.54) is 0 Å². The summed E-state index contributed by atoms with van der Waals surface area (Å²) in [5.74, 6) is 3.21. The van der Waals surface area contributed by atoms with Crippen LogP contribution in [0.25, 0.3) is 23.3 Å². The Morgan fingerprint density at radius 3 is 2.71 bits per heavy atom. The third-order valence-corrected chi connectivity index (χ3v) is 6.09. The normalized spacial score (nSPS) is 17.5. The van der Waals surface area contributed by atoms with E-state index in [2.05, 4.69) is 82.1 Å². The largest absolute Gasteiger partial charge is 0.436 e. The van der Waals surface area contributed by atoms with Gasteiger partial charge in [-0.3, -0.25) is 5.01 Å². The summed E-state index contributed by atoms with van der Waals surface area (Å²) in [7, 11) is 0. The predicted molar refractivity (Wildman–Crippen MR) is 125 cm³/mol. The van der Waals surface area contributed by atoms with E-state index in [-0.39, 0.29) is 13.0 Å². The number of aryl methyl sites for hydroxylation is 1. The summed E-state index contributed by atoms with van der Waals surface area (Å²) < 4.78 is 6.15. The van der Waals surface area contributed by atoms with Gasteiger partial charge < -0.3 is 14.2 Å². The second-order valence-corrected chi connectivity index (χ2v) is 8.13. The Kier molecular flexibility index (Phi) is 3.87. The molecule has 2 aliphatic heterocycles. The molecule has 0 saturated carbocycles. The fraction of sp³-hybridized carbons (Fsp3) is 0.167. The Bertz CT molecular complexity index is 1420. The van der Waals surface area contributed by atoms with Crippen molar-refractivity contribution in [1.82, 2.24) is 14.9 Å². The number of rotatable bonds is 2. The maximum absolute atomic E-state index is 6.15. The van der Waals surface area contributed by atoms with E-state index in [1.54, 1.807) is 0 Å². The first-order valence-electron chi connectivity index (χ1n) is 10.6. The summed E-state index contributed by atoms with van der Waals surface area (Å²) in [4.78, 5) is 13.8. The third-order valence-electron chi connectivity index (χ3n) is 6.09. The molecule has 7 heteroatoms. The molecule has 2 aliphatic rings. The van der Waals surface area contributed by atoms with Crippen molar-refractivity contribution in [2.24, 2.45) is 0 Å². The quantitative estimate of drug-likeness (QED) is 0.475. The lowest BCUT2D eigenvalue weighted by Gasteiger charge is -2.40. The van der Waals surface area contributed by atoms with Crippen LogP contribution in [-0.4, -0.2) is 27.9 Å². The van der Waals surface area contributed by atoms with Gasteiger partial charge in [-0.1, -0.05) is 31.0 Å². The molecule has 31 heavy (non-hydrogen) atoms. The van der Waals surface area contributed by atoms with Gasteiger partial charge in [0.1, 0.15) is 11.9 Å². The fourth-order valence-electron chi connectivity index (χ4n) is 4.67. The molecular weight excluding hydrogens is 385 g/mol. The minimum absolute atomic E-state index is 0.0469. The molecule has 152 valence electrons. The Morgan fingerprint density at radius 1 is 1.03 bits per heavy atom. The average molecular weight is 407 g/mol. The van der Waals surface area contributed by atoms with Crippen molar-refractivity contribution in [1.29, 1.82) is 0 Å². The summed E-state index contributed by atoms with van der Waals surface area (Å²) in [6, 6.07) is 18.7. The molecule has 0 aliphatic carbocycles. The Labute approximate surface area is 180 Å². The zero-order valence-corrected chi connectivity index (χ0v) is 17.7. The highest BCUT2D eigenvalue weighted by Crippen LogP contribution is 2.43. The van der Waals surface area contributed by atoms with Crippen molar-refractivity contribution in [3.8, 4) is 0 Å². The minimum atomic E-state index is 0.0469. The average Bonchev–Trinajstić information content (AvgIpc) is 3.27. The van der Waals surface area contributed by atoms with Gasteiger partial charge in [-0.05, 0) is 50.2 Å². The summed E-state index contributed by atoms with van der Waals surface area (Å²) in [6.07, 6.45) is 4.00. The first-order valence-corrected chi connectivity index (χ1v) is 10.6. The zero-order chi connectivity index (χ0) is 21.1. The van der Waals surface area contributed by atoms with Crippen molar-refractivity contribution in [2.45, 2.75) is 26.8 Å². The lowest BCUT2D eigenvalue weighted by Crippen LogP contribution is -2.55. The predicted octanol–water partition coefficient (Wildman–Crippen LogP) is 3.45. The molecule has 1 aromatic carbocycles. The van der Waals surface area contributed by atoms with Gasteiger partial charge in [0.15, 0.2) is 11.2 Å². The van der Waals surface area contributed by atoms with Gasteiger partial charge in [-0.15, -0.1) is 0 Å². The number of benzene rings is 1. The molecule has 0 N–H and O–H groups in total. The summed E-state index contributed by atoms with van der Waals surface area (Å²) in [6.45, 7) is 6.53. The van der Waals surface area contributed by atoms with E-state index in [0.717, 1.165) is 38.9 Å². The van der Waals surface area contributed by atoms with Gasteiger partial charge in [0.25, 0.3) is 0 Å². The van der Waals surface area contributed by atoms with Gasteiger partial charge in [0, 0.05) is 28.2 Å². The second kappa shape index (κ2) is 6.64. The van der Waals surface area contributed by atoms with E-state index < -0.39 is 0 Å². The maximum atomic E-state index is 6.15. The number of pyridine rings is 2. The maximum Gasteiger partial charge on any atom is 0.304 e. The molecule has 0 spiro atoms. The molecule has 1 atom stereocenters. The van der Waals surface area contributed by atoms with Crippen molar-refractivity contribution in [3.63, 3.8) is 0 Å². The van der Waals surface area contributed by atoms with E-state index in [4.69, 9.17) is 9.40 Å². The minimum Gasteiger partial charge on any atom is -0.436 e. The zero-order valence-electron chi connectivity index (χ0n) is 17.7. The monoisotopic (exact) mass is 407 g/mol. The van der Waals surface area contributed by atoms with Crippen LogP contribution in [0.15, 0.2) is 65.2 Å². The first-order chi connectivity index (χ1) is 15.1. The van der Waals surface area contributed by atoms with Crippen LogP contribution in [0.1, 0.15) is 12.6 Å². The fourth-order valence-corrected chi connectivity index (χ4v) is 4.67. The van der Waals surface area contributed by atoms with Gasteiger partial charge in [-0.2, -0.15) is 0 Å². The molecule has 3 aromatic heterocycles. The molecule has 0 amide bonds. The van der Waals surface area contributed by atoms with Gasteiger partial charge >= 0.3 is 6.85 Å². The first kappa shape index (κ1) is 18.1. The molecule has 0 fully saturated rings. The van der Waals surface area contributed by atoms with Crippen LogP contribution in [0.3, 0.4) is 0 Å². The Morgan fingerprint density at radius 2 is 1.87 bits per heavy atom. The van der Waals surface area contributed by atoms with Crippen LogP contribution in [0.4, 0.5) is 17.2 Å². The number of nitrogens with zero attached hydrogens (tertiary/aromatic N) is 5. The van der Waals surface area contributed by atoms with Crippen molar-refractivity contribution in [2.75, 3.05) is 9.91 Å². The number of furan rings is 1. The van der Waals surface area contributed by atoms with E-state index >= 15 is 0 Å². The number of hydrazine groups is 1. The number of para-hydroxylation sites is 1. The Hall–Kier alpha value is -3.74. The van der Waals surface area contributed by atoms with Gasteiger partial charge in [0.05, 0.1) is 6.20 Å². The van der Waals surface area contributed by atoms with E-state index in [0.29, 0.717) is 5.71 Å². The standard InChI is InChI=1S/C24H22BN5O/c1-16-11-12-19-20-14-25(3)28(15-22(20)31-24(19)27-16)30-17(2)29(18-8-5-4-6-9-18)23-21(30)10-7-13-26-23/h4-15,17H,1-3H3/t17-/m0/s1. The lowest BCUT2D eigenvalue weighted by molar-refractivity contribution is 0.482. The van der Waals surface area contributed by atoms with Gasteiger partial charge in [-0.25, -0.2) is 9.97 Å². The highest BCUT2D eigenvalue weighted by atomic mass is 16.3. The van der Waals surface area contributed by atoms with Crippen molar-refractivity contribution in [3.05, 3.63) is 77.1 Å². The highest BCUT2D eigenvalue weighted by Gasteiger charge is 2.39. The molecule has 6 rings (SSSR count). The number of hydrogen-bond acceptors (Lipinski definition) is 6. The molecule has 0 radical (unpaired) electrons. The SMILES string of the molecule is CB1C=c2c(oc3nc(C)ccc23)=CN1N1c2cccnc2N(c2ccccc2)[C@@H]1C. The van der Waals surface area contributed by atoms with Crippen molar-refractivity contribution < 1.29 is 4.42 Å². The second-order valence-electron chi connectivity index (χ2n) is 8.13. The molecule has 0 bridgehead atoms. The molecule has 6 nitrogen and oxygen atoms in total.